The van der Waals surface area contributed by atoms with Crippen LogP contribution in [-0.2, 0) is 0 Å². The van der Waals surface area contributed by atoms with Crippen molar-refractivity contribution in [3.05, 3.63) is 76.7 Å². The second-order valence-electron chi connectivity index (χ2n) is 5.65. The Morgan fingerprint density at radius 1 is 1.00 bits per heavy atom. The molecule has 0 saturated heterocycles. The van der Waals surface area contributed by atoms with Crippen molar-refractivity contribution >= 4 is 34.7 Å². The lowest BCUT2D eigenvalue weighted by Gasteiger charge is -2.10. The van der Waals surface area contributed by atoms with Gasteiger partial charge in [0.05, 0.1) is 0 Å². The standard InChI is InChI=1S/C19H17ClN4O/c1-12-7-8-14(9-15(12)20)23-18-10-17(21-11-22-18)19(25)24-16-6-4-3-5-13(16)2/h3-11H,1-2H3,(H,24,25)(H,21,22,23). The lowest BCUT2D eigenvalue weighted by atomic mass is 10.2. The Morgan fingerprint density at radius 3 is 2.56 bits per heavy atom. The molecular formula is C19H17ClN4O. The topological polar surface area (TPSA) is 66.9 Å². The zero-order valence-corrected chi connectivity index (χ0v) is 14.6. The lowest BCUT2D eigenvalue weighted by Crippen LogP contribution is -2.15. The Labute approximate surface area is 151 Å². The van der Waals surface area contributed by atoms with E-state index in [1.165, 1.54) is 6.33 Å². The number of nitrogens with zero attached hydrogens (tertiary/aromatic N) is 2. The summed E-state index contributed by atoms with van der Waals surface area (Å²) < 4.78 is 0. The first-order valence-corrected chi connectivity index (χ1v) is 8.13. The van der Waals surface area contributed by atoms with Gasteiger partial charge in [0, 0.05) is 22.5 Å². The van der Waals surface area contributed by atoms with Crippen LogP contribution in [0.3, 0.4) is 0 Å². The van der Waals surface area contributed by atoms with Gasteiger partial charge in [0.15, 0.2) is 0 Å². The number of aromatic nitrogens is 2. The molecule has 0 aliphatic rings. The summed E-state index contributed by atoms with van der Waals surface area (Å²) >= 11 is 6.13. The Morgan fingerprint density at radius 2 is 1.80 bits per heavy atom. The Balaban J connectivity index is 1.77. The van der Waals surface area contributed by atoms with Crippen LogP contribution >= 0.6 is 11.6 Å². The predicted octanol–water partition coefficient (Wildman–Crippen LogP) is 4.74. The molecule has 0 atom stereocenters. The van der Waals surface area contributed by atoms with Gasteiger partial charge < -0.3 is 10.6 Å². The second-order valence-corrected chi connectivity index (χ2v) is 6.05. The molecule has 3 rings (SSSR count). The molecule has 25 heavy (non-hydrogen) atoms. The fourth-order valence-corrected chi connectivity index (χ4v) is 2.45. The predicted molar refractivity (Wildman–Crippen MR) is 101 cm³/mol. The maximum absolute atomic E-state index is 12.4. The van der Waals surface area contributed by atoms with Crippen molar-refractivity contribution < 1.29 is 4.79 Å². The van der Waals surface area contributed by atoms with E-state index in [4.69, 9.17) is 11.6 Å². The van der Waals surface area contributed by atoms with E-state index in [1.54, 1.807) is 6.07 Å². The van der Waals surface area contributed by atoms with Gasteiger partial charge in [-0.1, -0.05) is 35.9 Å². The maximum atomic E-state index is 12.4. The highest BCUT2D eigenvalue weighted by atomic mass is 35.5. The molecule has 1 amide bonds. The van der Waals surface area contributed by atoms with Crippen molar-refractivity contribution in [3.63, 3.8) is 0 Å². The third kappa shape index (κ3) is 4.14. The monoisotopic (exact) mass is 352 g/mol. The number of halogens is 1. The average molecular weight is 353 g/mol. The van der Waals surface area contributed by atoms with Crippen LogP contribution in [-0.4, -0.2) is 15.9 Å². The molecule has 0 unspecified atom stereocenters. The summed E-state index contributed by atoms with van der Waals surface area (Å²) in [6.07, 6.45) is 1.35. The van der Waals surface area contributed by atoms with Gasteiger partial charge in [-0.2, -0.15) is 0 Å². The molecule has 2 aromatic carbocycles. The molecule has 0 radical (unpaired) electrons. The summed E-state index contributed by atoms with van der Waals surface area (Å²) in [6.45, 7) is 3.87. The smallest absolute Gasteiger partial charge is 0.274 e. The van der Waals surface area contributed by atoms with Crippen molar-refractivity contribution in [1.29, 1.82) is 0 Å². The molecule has 6 heteroatoms. The van der Waals surface area contributed by atoms with Crippen molar-refractivity contribution in [2.45, 2.75) is 13.8 Å². The summed E-state index contributed by atoms with van der Waals surface area (Å²) in [6, 6.07) is 14.8. The molecule has 0 aliphatic heterocycles. The van der Waals surface area contributed by atoms with E-state index in [0.717, 1.165) is 22.5 Å². The van der Waals surface area contributed by atoms with E-state index < -0.39 is 0 Å². The molecule has 5 nitrogen and oxygen atoms in total. The van der Waals surface area contributed by atoms with Crippen molar-refractivity contribution in [3.8, 4) is 0 Å². The Hall–Kier alpha value is -2.92. The molecule has 3 aromatic rings. The summed E-state index contributed by atoms with van der Waals surface area (Å²) in [5, 5.41) is 6.65. The van der Waals surface area contributed by atoms with Crippen LogP contribution in [0.25, 0.3) is 0 Å². The van der Waals surface area contributed by atoms with Crippen LogP contribution in [0, 0.1) is 13.8 Å². The maximum Gasteiger partial charge on any atom is 0.274 e. The molecule has 0 spiro atoms. The van der Waals surface area contributed by atoms with Gasteiger partial charge in [-0.25, -0.2) is 9.97 Å². The number of carbonyl (C=O) groups is 1. The summed E-state index contributed by atoms with van der Waals surface area (Å²) in [5.41, 5.74) is 3.80. The van der Waals surface area contributed by atoms with Crippen LogP contribution in [0.1, 0.15) is 21.6 Å². The quantitative estimate of drug-likeness (QED) is 0.711. The van der Waals surface area contributed by atoms with Gasteiger partial charge in [0.1, 0.15) is 17.8 Å². The van der Waals surface area contributed by atoms with E-state index in [2.05, 4.69) is 20.6 Å². The molecule has 126 valence electrons. The number of hydrogen-bond acceptors (Lipinski definition) is 4. The zero-order chi connectivity index (χ0) is 17.8. The first-order valence-electron chi connectivity index (χ1n) is 7.75. The highest BCUT2D eigenvalue weighted by Crippen LogP contribution is 2.22. The minimum Gasteiger partial charge on any atom is -0.340 e. The summed E-state index contributed by atoms with van der Waals surface area (Å²) in [5.74, 6) is 0.228. The first kappa shape index (κ1) is 16.9. The second kappa shape index (κ2) is 7.32. The largest absolute Gasteiger partial charge is 0.340 e. The highest BCUT2D eigenvalue weighted by molar-refractivity contribution is 6.31. The van der Waals surface area contributed by atoms with Crippen LogP contribution in [0.2, 0.25) is 5.02 Å². The molecule has 0 fully saturated rings. The Bertz CT molecular complexity index is 927. The minimum absolute atomic E-state index is 0.277. The van der Waals surface area contributed by atoms with Crippen molar-refractivity contribution in [2.75, 3.05) is 10.6 Å². The van der Waals surface area contributed by atoms with Crippen molar-refractivity contribution in [1.82, 2.24) is 9.97 Å². The molecule has 0 saturated carbocycles. The molecule has 0 bridgehead atoms. The third-order valence-electron chi connectivity index (χ3n) is 3.74. The molecular weight excluding hydrogens is 336 g/mol. The van der Waals surface area contributed by atoms with E-state index >= 15 is 0 Å². The van der Waals surface area contributed by atoms with Gasteiger partial charge in [0.25, 0.3) is 5.91 Å². The number of amides is 1. The van der Waals surface area contributed by atoms with Gasteiger partial charge in [0.2, 0.25) is 0 Å². The van der Waals surface area contributed by atoms with Gasteiger partial charge >= 0.3 is 0 Å². The van der Waals surface area contributed by atoms with Crippen LogP contribution in [0.5, 0.6) is 0 Å². The fraction of sp³-hybridized carbons (Fsp3) is 0.105. The summed E-state index contributed by atoms with van der Waals surface area (Å²) in [7, 11) is 0. The van der Waals surface area contributed by atoms with E-state index in [1.807, 2.05) is 56.3 Å². The van der Waals surface area contributed by atoms with Gasteiger partial charge in [-0.05, 0) is 43.2 Å². The van der Waals surface area contributed by atoms with Crippen LogP contribution in [0.15, 0.2) is 54.9 Å². The molecule has 1 heterocycles. The van der Waals surface area contributed by atoms with Crippen LogP contribution < -0.4 is 10.6 Å². The third-order valence-corrected chi connectivity index (χ3v) is 4.14. The number of nitrogens with one attached hydrogen (secondary N) is 2. The number of rotatable bonds is 4. The molecule has 2 N–H and O–H groups in total. The van der Waals surface area contributed by atoms with E-state index in [9.17, 15) is 4.79 Å². The van der Waals surface area contributed by atoms with Crippen molar-refractivity contribution in [2.24, 2.45) is 0 Å². The van der Waals surface area contributed by atoms with Gasteiger partial charge in [-0.15, -0.1) is 0 Å². The minimum atomic E-state index is -0.290. The SMILES string of the molecule is Cc1ccc(Nc2cc(C(=O)Nc3ccccc3C)ncn2)cc1Cl. The van der Waals surface area contributed by atoms with Gasteiger partial charge in [-0.3, -0.25) is 4.79 Å². The lowest BCUT2D eigenvalue weighted by molar-refractivity contribution is 0.102. The summed E-state index contributed by atoms with van der Waals surface area (Å²) in [4.78, 5) is 20.6. The number of para-hydroxylation sites is 1. The van der Waals surface area contributed by atoms with E-state index in [-0.39, 0.29) is 11.6 Å². The van der Waals surface area contributed by atoms with Crippen LogP contribution in [0.4, 0.5) is 17.2 Å². The number of anilines is 3. The number of hydrogen-bond donors (Lipinski definition) is 2. The average Bonchev–Trinajstić information content (AvgIpc) is 2.60. The zero-order valence-electron chi connectivity index (χ0n) is 13.9. The first-order chi connectivity index (χ1) is 12.0. The van der Waals surface area contributed by atoms with E-state index in [0.29, 0.717) is 10.8 Å². The fourth-order valence-electron chi connectivity index (χ4n) is 2.27. The Kier molecular flexibility index (Phi) is 4.95. The molecule has 0 aliphatic carbocycles. The number of aryl methyl sites for hydroxylation is 2. The number of carbonyl (C=O) groups excluding carboxylic acids is 1. The molecule has 1 aromatic heterocycles. The number of benzene rings is 2. The normalized spacial score (nSPS) is 10.4. The highest BCUT2D eigenvalue weighted by Gasteiger charge is 2.10.